The van der Waals surface area contributed by atoms with Crippen molar-refractivity contribution in [2.45, 2.75) is 31.9 Å². The molecule has 1 heterocycles. The van der Waals surface area contributed by atoms with Crippen molar-refractivity contribution in [2.24, 2.45) is 0 Å². The Kier molecular flexibility index (Phi) is 5.38. The number of aliphatic carboxylic acids is 1. The summed E-state index contributed by atoms with van der Waals surface area (Å²) in [6, 6.07) is 5.92. The van der Waals surface area contributed by atoms with Crippen molar-refractivity contribution in [3.05, 3.63) is 29.8 Å². The molecule has 1 N–H and O–H groups in total. The fourth-order valence-corrected chi connectivity index (χ4v) is 2.21. The molecule has 0 aromatic heterocycles. The van der Waals surface area contributed by atoms with E-state index in [0.717, 1.165) is 12.8 Å². The molecule has 1 atom stereocenters. The number of carbonyl (C=O) groups excluding carboxylic acids is 1. The second-order valence-corrected chi connectivity index (χ2v) is 5.38. The third-order valence-electron chi connectivity index (χ3n) is 3.83. The van der Waals surface area contributed by atoms with Gasteiger partial charge in [-0.3, -0.25) is 4.79 Å². The summed E-state index contributed by atoms with van der Waals surface area (Å²) in [4.78, 5) is 24.3. The molecule has 22 heavy (non-hydrogen) atoms. The van der Waals surface area contributed by atoms with Crippen LogP contribution >= 0.6 is 0 Å². The number of carboxylic acids is 1. The average molecular weight is 307 g/mol. The van der Waals surface area contributed by atoms with Crippen molar-refractivity contribution >= 4 is 11.9 Å². The third kappa shape index (κ3) is 3.98. The van der Waals surface area contributed by atoms with E-state index in [9.17, 15) is 9.59 Å². The number of ether oxygens (including phenoxy) is 2. The van der Waals surface area contributed by atoms with Crippen LogP contribution in [0, 0.1) is 0 Å². The molecule has 120 valence electrons. The summed E-state index contributed by atoms with van der Waals surface area (Å²) in [6.07, 6.45) is 1.86. The van der Waals surface area contributed by atoms with Gasteiger partial charge in [-0.2, -0.15) is 0 Å². The number of hydrogen-bond donors (Lipinski definition) is 1. The van der Waals surface area contributed by atoms with Gasteiger partial charge in [-0.1, -0.05) is 0 Å². The van der Waals surface area contributed by atoms with E-state index < -0.39 is 12.0 Å². The van der Waals surface area contributed by atoms with Crippen LogP contribution in [0.5, 0.6) is 5.75 Å². The number of likely N-dealkylation sites (N-methyl/N-ethyl adjacent to an activating group) is 1. The molecule has 0 spiro atoms. The lowest BCUT2D eigenvalue weighted by molar-refractivity contribution is -0.141. The molecule has 1 aromatic carbocycles. The highest BCUT2D eigenvalue weighted by molar-refractivity contribution is 5.96. The molecule has 0 aliphatic carbocycles. The molecule has 0 saturated carbocycles. The van der Waals surface area contributed by atoms with E-state index in [1.807, 2.05) is 0 Å². The minimum atomic E-state index is -1.03. The van der Waals surface area contributed by atoms with Crippen LogP contribution in [0.3, 0.4) is 0 Å². The highest BCUT2D eigenvalue weighted by atomic mass is 16.5. The first-order valence-corrected chi connectivity index (χ1v) is 7.33. The quantitative estimate of drug-likeness (QED) is 0.897. The molecule has 2 rings (SSSR count). The van der Waals surface area contributed by atoms with Crippen LogP contribution in [0.2, 0.25) is 0 Å². The van der Waals surface area contributed by atoms with Crippen LogP contribution in [0.15, 0.2) is 24.3 Å². The smallest absolute Gasteiger partial charge is 0.326 e. The zero-order valence-electron chi connectivity index (χ0n) is 12.8. The van der Waals surface area contributed by atoms with Gasteiger partial charge in [0.1, 0.15) is 17.9 Å². The Morgan fingerprint density at radius 1 is 1.27 bits per heavy atom. The first-order chi connectivity index (χ1) is 10.5. The van der Waals surface area contributed by atoms with Crippen molar-refractivity contribution < 1.29 is 24.2 Å². The third-order valence-corrected chi connectivity index (χ3v) is 3.83. The highest BCUT2D eigenvalue weighted by Gasteiger charge is 2.23. The molecule has 6 heteroatoms. The van der Waals surface area contributed by atoms with Crippen molar-refractivity contribution in [3.8, 4) is 5.75 Å². The van der Waals surface area contributed by atoms with Gasteiger partial charge < -0.3 is 19.5 Å². The molecule has 1 fully saturated rings. The molecule has 6 nitrogen and oxygen atoms in total. The maximum Gasteiger partial charge on any atom is 0.326 e. The lowest BCUT2D eigenvalue weighted by Crippen LogP contribution is -2.40. The maximum absolute atomic E-state index is 12.2. The van der Waals surface area contributed by atoms with Crippen LogP contribution in [0.1, 0.15) is 30.1 Å². The van der Waals surface area contributed by atoms with Gasteiger partial charge in [0.05, 0.1) is 13.2 Å². The lowest BCUT2D eigenvalue weighted by atomic mass is 10.1. The van der Waals surface area contributed by atoms with Gasteiger partial charge >= 0.3 is 5.97 Å². The van der Waals surface area contributed by atoms with Gasteiger partial charge in [-0.15, -0.1) is 0 Å². The first-order valence-electron chi connectivity index (χ1n) is 7.33. The predicted octanol–water partition coefficient (Wildman–Crippen LogP) is 1.79. The van der Waals surface area contributed by atoms with Crippen LogP contribution in [0.4, 0.5) is 0 Å². The van der Waals surface area contributed by atoms with Crippen LogP contribution in [-0.4, -0.2) is 54.3 Å². The molecule has 1 aromatic rings. The molecule has 1 aliphatic rings. The first kappa shape index (κ1) is 16.3. The number of amides is 1. The standard InChI is InChI=1S/C16H21NO5/c1-11(16(19)20)17(2)15(18)12-3-5-13(6-4-12)22-14-7-9-21-10-8-14/h3-6,11,14H,7-10H2,1-2H3,(H,19,20). The summed E-state index contributed by atoms with van der Waals surface area (Å²) in [7, 11) is 1.48. The maximum atomic E-state index is 12.2. The molecular weight excluding hydrogens is 286 g/mol. The minimum absolute atomic E-state index is 0.144. The minimum Gasteiger partial charge on any atom is -0.490 e. The van der Waals surface area contributed by atoms with Crippen LogP contribution in [-0.2, 0) is 9.53 Å². The molecule has 1 aliphatic heterocycles. The van der Waals surface area contributed by atoms with Crippen LogP contribution < -0.4 is 4.74 Å². The molecular formula is C16H21NO5. The van der Waals surface area contributed by atoms with Crippen LogP contribution in [0.25, 0.3) is 0 Å². The van der Waals surface area contributed by atoms with E-state index in [0.29, 0.717) is 24.5 Å². The largest absolute Gasteiger partial charge is 0.490 e. The predicted molar refractivity (Wildman–Crippen MR) is 80.1 cm³/mol. The number of carbonyl (C=O) groups is 2. The van der Waals surface area contributed by atoms with Gasteiger partial charge in [0.15, 0.2) is 0 Å². The monoisotopic (exact) mass is 307 g/mol. The zero-order valence-corrected chi connectivity index (χ0v) is 12.8. The molecule has 1 amide bonds. The van der Waals surface area contributed by atoms with Gasteiger partial charge in [0.25, 0.3) is 5.91 Å². The summed E-state index contributed by atoms with van der Waals surface area (Å²) >= 11 is 0. The Balaban J connectivity index is 1.98. The van der Waals surface area contributed by atoms with Gasteiger partial charge in [-0.05, 0) is 31.2 Å². The van der Waals surface area contributed by atoms with E-state index in [1.54, 1.807) is 24.3 Å². The normalized spacial score (nSPS) is 16.8. The SMILES string of the molecule is CC(C(=O)O)N(C)C(=O)c1ccc(OC2CCOCC2)cc1. The van der Waals surface area contributed by atoms with Crippen molar-refractivity contribution in [1.82, 2.24) is 4.90 Å². The van der Waals surface area contributed by atoms with Gasteiger partial charge in [0, 0.05) is 25.5 Å². The zero-order chi connectivity index (χ0) is 16.1. The number of nitrogens with zero attached hydrogens (tertiary/aromatic N) is 1. The molecule has 1 unspecified atom stereocenters. The van der Waals surface area contributed by atoms with E-state index in [-0.39, 0.29) is 12.0 Å². The summed E-state index contributed by atoms with van der Waals surface area (Å²) < 4.78 is 11.1. The van der Waals surface area contributed by atoms with E-state index in [1.165, 1.54) is 18.9 Å². The Morgan fingerprint density at radius 2 is 1.86 bits per heavy atom. The van der Waals surface area contributed by atoms with E-state index in [4.69, 9.17) is 14.6 Å². The van der Waals surface area contributed by atoms with Crippen molar-refractivity contribution in [3.63, 3.8) is 0 Å². The molecule has 0 radical (unpaired) electrons. The Labute approximate surface area is 129 Å². The molecule has 0 bridgehead atoms. The summed E-state index contributed by atoms with van der Waals surface area (Å²) in [5.74, 6) is -0.653. The van der Waals surface area contributed by atoms with Crippen molar-refractivity contribution in [2.75, 3.05) is 20.3 Å². The topological polar surface area (TPSA) is 76.1 Å². The van der Waals surface area contributed by atoms with Gasteiger partial charge in [-0.25, -0.2) is 4.79 Å². The Hall–Kier alpha value is -2.08. The summed E-state index contributed by atoms with van der Waals surface area (Å²) in [5.41, 5.74) is 0.440. The summed E-state index contributed by atoms with van der Waals surface area (Å²) in [6.45, 7) is 2.89. The van der Waals surface area contributed by atoms with E-state index in [2.05, 4.69) is 0 Å². The fraction of sp³-hybridized carbons (Fsp3) is 0.500. The van der Waals surface area contributed by atoms with E-state index >= 15 is 0 Å². The fourth-order valence-electron chi connectivity index (χ4n) is 2.21. The number of benzene rings is 1. The molecule has 1 saturated heterocycles. The Morgan fingerprint density at radius 3 is 2.41 bits per heavy atom. The summed E-state index contributed by atoms with van der Waals surface area (Å²) in [5, 5.41) is 8.95. The second kappa shape index (κ2) is 7.26. The number of carboxylic acid groups (broad SMARTS) is 1. The Bertz CT molecular complexity index is 522. The van der Waals surface area contributed by atoms with Gasteiger partial charge in [0.2, 0.25) is 0 Å². The highest BCUT2D eigenvalue weighted by Crippen LogP contribution is 2.19. The average Bonchev–Trinajstić information content (AvgIpc) is 2.54. The second-order valence-electron chi connectivity index (χ2n) is 5.38. The lowest BCUT2D eigenvalue weighted by Gasteiger charge is -2.24. The number of rotatable bonds is 5. The van der Waals surface area contributed by atoms with Crippen molar-refractivity contribution in [1.29, 1.82) is 0 Å². The number of hydrogen-bond acceptors (Lipinski definition) is 4.